The minimum Gasteiger partial charge on any atom is -0.493 e. The fourth-order valence-corrected chi connectivity index (χ4v) is 4.37. The minimum absolute atomic E-state index is 0.499. The summed E-state index contributed by atoms with van der Waals surface area (Å²) in [6, 6.07) is 29.0. The van der Waals surface area contributed by atoms with Gasteiger partial charge in [-0.05, 0) is 71.2 Å². The van der Waals surface area contributed by atoms with Crippen molar-refractivity contribution in [3.63, 3.8) is 0 Å². The Labute approximate surface area is 230 Å². The van der Waals surface area contributed by atoms with Crippen LogP contribution in [0.1, 0.15) is 16.7 Å². The molecule has 0 spiro atoms. The predicted molar refractivity (Wildman–Crippen MR) is 160 cm³/mol. The molecule has 0 aliphatic carbocycles. The molecule has 0 heterocycles. The van der Waals surface area contributed by atoms with Gasteiger partial charge >= 0.3 is 0 Å². The predicted octanol–water partition coefficient (Wildman–Crippen LogP) is 6.79. The van der Waals surface area contributed by atoms with Crippen molar-refractivity contribution >= 4 is 28.7 Å². The Bertz CT molecular complexity index is 1350. The van der Waals surface area contributed by atoms with Gasteiger partial charge in [0.1, 0.15) is 0 Å². The quantitative estimate of drug-likeness (QED) is 0.196. The molecule has 0 atom stereocenters. The fourth-order valence-electron chi connectivity index (χ4n) is 4.19. The number of hydrogen-bond acceptors (Lipinski definition) is 5. The van der Waals surface area contributed by atoms with Gasteiger partial charge in [0, 0.05) is 24.5 Å². The fraction of sp³-hybridized carbons (Fsp3) is 0.194. The molecule has 4 aromatic rings. The highest BCUT2D eigenvalue weighted by Crippen LogP contribution is 2.38. The van der Waals surface area contributed by atoms with Gasteiger partial charge in [-0.2, -0.15) is 0 Å². The van der Waals surface area contributed by atoms with Crippen molar-refractivity contribution < 1.29 is 14.2 Å². The molecule has 0 saturated carbocycles. The number of methoxy groups -OCH3 is 3. The van der Waals surface area contributed by atoms with Gasteiger partial charge in [0.05, 0.1) is 21.3 Å². The van der Waals surface area contributed by atoms with Crippen LogP contribution in [0.2, 0.25) is 0 Å². The maximum atomic E-state index is 5.57. The number of rotatable bonds is 10. The summed E-state index contributed by atoms with van der Waals surface area (Å²) in [6.45, 7) is 3.30. The lowest BCUT2D eigenvalue weighted by Crippen LogP contribution is -2.28. The molecule has 4 rings (SSSR count). The number of benzene rings is 4. The van der Waals surface area contributed by atoms with E-state index >= 15 is 0 Å². The molecule has 4 aromatic carbocycles. The first-order valence-electron chi connectivity index (χ1n) is 12.3. The zero-order chi connectivity index (χ0) is 26.9. The average Bonchev–Trinajstić information content (AvgIpc) is 2.96. The first-order chi connectivity index (χ1) is 18.5. The van der Waals surface area contributed by atoms with Gasteiger partial charge in [0.25, 0.3) is 0 Å². The number of anilines is 2. The lowest BCUT2D eigenvalue weighted by molar-refractivity contribution is 0.323. The molecule has 0 fully saturated rings. The second-order valence-corrected chi connectivity index (χ2v) is 9.14. The second-order valence-electron chi connectivity index (χ2n) is 8.74. The van der Waals surface area contributed by atoms with Crippen molar-refractivity contribution in [1.29, 1.82) is 0 Å². The number of hydrogen-bond donors (Lipinski definition) is 3. The highest BCUT2D eigenvalue weighted by Gasteiger charge is 2.13. The van der Waals surface area contributed by atoms with E-state index in [1.165, 1.54) is 16.7 Å². The van der Waals surface area contributed by atoms with Crippen LogP contribution < -0.4 is 30.2 Å². The standard InChI is InChI=1S/C31H33N3O3S/c1-21-26(32-19-22-13-15-25(16-14-22)24-9-6-5-7-10-24)11-8-12-27(21)34-31(38)33-20-23-17-28(35-2)30(37-4)29(18-23)36-3/h5-18,32H,19-20H2,1-4H3,(H2,33,34,38). The molecule has 0 aromatic heterocycles. The van der Waals surface area contributed by atoms with Crippen LogP contribution >= 0.6 is 12.2 Å². The van der Waals surface area contributed by atoms with E-state index < -0.39 is 0 Å². The minimum atomic E-state index is 0.499. The number of thiocarbonyl (C=S) groups is 1. The molecule has 0 aliphatic heterocycles. The SMILES string of the molecule is COc1cc(CNC(=S)Nc2cccc(NCc3ccc(-c4ccccc4)cc3)c2C)cc(OC)c1OC. The Hall–Kier alpha value is -4.23. The van der Waals surface area contributed by atoms with E-state index in [1.807, 2.05) is 30.3 Å². The summed E-state index contributed by atoms with van der Waals surface area (Å²) >= 11 is 5.57. The topological polar surface area (TPSA) is 63.8 Å². The van der Waals surface area contributed by atoms with Crippen LogP contribution in [-0.4, -0.2) is 26.4 Å². The molecule has 0 aliphatic rings. The van der Waals surface area contributed by atoms with Crippen LogP contribution in [0.15, 0.2) is 84.9 Å². The van der Waals surface area contributed by atoms with E-state index in [-0.39, 0.29) is 0 Å². The van der Waals surface area contributed by atoms with Gasteiger partial charge in [-0.25, -0.2) is 0 Å². The van der Waals surface area contributed by atoms with Gasteiger partial charge in [0.15, 0.2) is 16.6 Å². The largest absolute Gasteiger partial charge is 0.493 e. The second kappa shape index (κ2) is 12.8. The first-order valence-corrected chi connectivity index (χ1v) is 12.7. The van der Waals surface area contributed by atoms with Crippen molar-refractivity contribution in [2.45, 2.75) is 20.0 Å². The Balaban J connectivity index is 1.35. The Morgan fingerprint density at radius 1 is 0.684 bits per heavy atom. The van der Waals surface area contributed by atoms with E-state index in [0.29, 0.717) is 28.9 Å². The van der Waals surface area contributed by atoms with Crippen LogP contribution in [0, 0.1) is 6.92 Å². The van der Waals surface area contributed by atoms with Gasteiger partial charge in [0.2, 0.25) is 5.75 Å². The van der Waals surface area contributed by atoms with Gasteiger partial charge in [-0.15, -0.1) is 0 Å². The van der Waals surface area contributed by atoms with E-state index in [4.69, 9.17) is 26.4 Å². The third-order valence-electron chi connectivity index (χ3n) is 6.30. The number of nitrogens with one attached hydrogen (secondary N) is 3. The monoisotopic (exact) mass is 527 g/mol. The summed E-state index contributed by atoms with van der Waals surface area (Å²) in [5, 5.41) is 10.7. The van der Waals surface area contributed by atoms with Crippen LogP contribution in [-0.2, 0) is 13.1 Å². The van der Waals surface area contributed by atoms with Gasteiger partial charge in [-0.1, -0.05) is 60.7 Å². The lowest BCUT2D eigenvalue weighted by Gasteiger charge is -2.17. The molecule has 6 nitrogen and oxygen atoms in total. The average molecular weight is 528 g/mol. The smallest absolute Gasteiger partial charge is 0.203 e. The maximum Gasteiger partial charge on any atom is 0.203 e. The molecule has 0 amide bonds. The Kier molecular flexibility index (Phi) is 9.06. The van der Waals surface area contributed by atoms with E-state index in [0.717, 1.165) is 29.0 Å². The summed E-state index contributed by atoms with van der Waals surface area (Å²) in [7, 11) is 4.79. The molecule has 38 heavy (non-hydrogen) atoms. The molecule has 0 saturated heterocycles. The van der Waals surface area contributed by atoms with Crippen LogP contribution in [0.3, 0.4) is 0 Å². The Morgan fingerprint density at radius 2 is 1.32 bits per heavy atom. The van der Waals surface area contributed by atoms with Crippen molar-refractivity contribution in [2.75, 3.05) is 32.0 Å². The summed E-state index contributed by atoms with van der Waals surface area (Å²) in [6.07, 6.45) is 0. The van der Waals surface area contributed by atoms with E-state index in [9.17, 15) is 0 Å². The molecular weight excluding hydrogens is 494 g/mol. The molecule has 0 bridgehead atoms. The third kappa shape index (κ3) is 6.55. The Morgan fingerprint density at radius 3 is 1.95 bits per heavy atom. The molecule has 0 radical (unpaired) electrons. The zero-order valence-corrected chi connectivity index (χ0v) is 22.9. The molecule has 0 unspecified atom stereocenters. The molecule has 7 heteroatoms. The van der Waals surface area contributed by atoms with Crippen LogP contribution in [0.5, 0.6) is 17.2 Å². The number of ether oxygens (including phenoxy) is 3. The molecule has 196 valence electrons. The van der Waals surface area contributed by atoms with Gasteiger partial charge < -0.3 is 30.2 Å². The summed E-state index contributed by atoms with van der Waals surface area (Å²) in [4.78, 5) is 0. The van der Waals surface area contributed by atoms with Crippen molar-refractivity contribution in [1.82, 2.24) is 5.32 Å². The third-order valence-corrected chi connectivity index (χ3v) is 6.55. The van der Waals surface area contributed by atoms with E-state index in [1.54, 1.807) is 21.3 Å². The van der Waals surface area contributed by atoms with Crippen molar-refractivity contribution in [2.24, 2.45) is 0 Å². The van der Waals surface area contributed by atoms with Crippen LogP contribution in [0.4, 0.5) is 11.4 Å². The van der Waals surface area contributed by atoms with Crippen LogP contribution in [0.25, 0.3) is 11.1 Å². The highest BCUT2D eigenvalue weighted by atomic mass is 32.1. The first kappa shape index (κ1) is 26.8. The summed E-state index contributed by atoms with van der Waals surface area (Å²) in [5.41, 5.74) is 7.68. The van der Waals surface area contributed by atoms with E-state index in [2.05, 4.69) is 77.5 Å². The van der Waals surface area contributed by atoms with Gasteiger partial charge in [-0.3, -0.25) is 0 Å². The highest BCUT2D eigenvalue weighted by molar-refractivity contribution is 7.80. The van der Waals surface area contributed by atoms with Crippen molar-refractivity contribution in [3.8, 4) is 28.4 Å². The maximum absolute atomic E-state index is 5.57. The normalized spacial score (nSPS) is 10.4. The van der Waals surface area contributed by atoms with Crippen molar-refractivity contribution in [3.05, 3.63) is 102 Å². The zero-order valence-electron chi connectivity index (χ0n) is 22.1. The lowest BCUT2D eigenvalue weighted by atomic mass is 10.0. The molecular formula is C31H33N3O3S. The molecule has 3 N–H and O–H groups in total. The summed E-state index contributed by atoms with van der Waals surface area (Å²) in [5.74, 6) is 1.77. The summed E-state index contributed by atoms with van der Waals surface area (Å²) < 4.78 is 16.3.